The Morgan fingerprint density at radius 3 is 2.73 bits per heavy atom. The van der Waals surface area contributed by atoms with Crippen LogP contribution < -0.4 is 0 Å². The molecule has 0 bridgehead atoms. The molecular weight excluding hydrogens is 144 g/mol. The van der Waals surface area contributed by atoms with E-state index in [1.165, 1.54) is 0 Å². The number of rotatable bonds is 2. The van der Waals surface area contributed by atoms with E-state index in [-0.39, 0.29) is 5.97 Å². The van der Waals surface area contributed by atoms with E-state index in [1.807, 2.05) is 6.92 Å². The number of ether oxygens (including phenoxy) is 1. The van der Waals surface area contributed by atoms with Crippen molar-refractivity contribution in [3.8, 4) is 0 Å². The summed E-state index contributed by atoms with van der Waals surface area (Å²) in [6.45, 7) is 3.97. The van der Waals surface area contributed by atoms with Gasteiger partial charge in [-0.2, -0.15) is 0 Å². The van der Waals surface area contributed by atoms with Gasteiger partial charge < -0.3 is 9.84 Å². The molecule has 1 N–H and O–H groups in total. The van der Waals surface area contributed by atoms with Crippen LogP contribution >= 0.6 is 0 Å². The number of hydrogen-bond donors (Lipinski definition) is 1. The van der Waals surface area contributed by atoms with E-state index in [1.54, 1.807) is 6.92 Å². The maximum absolute atomic E-state index is 10.9. The Labute approximate surface area is 65.7 Å². The zero-order valence-electron chi connectivity index (χ0n) is 6.76. The van der Waals surface area contributed by atoms with E-state index in [0.29, 0.717) is 18.6 Å². The fourth-order valence-electron chi connectivity index (χ4n) is 1.13. The molecule has 0 saturated carbocycles. The highest BCUT2D eigenvalue weighted by atomic mass is 16.5. The number of aliphatic hydroxyl groups excluding tert-OH is 1. The van der Waals surface area contributed by atoms with Crippen LogP contribution in [0.1, 0.15) is 20.3 Å². The van der Waals surface area contributed by atoms with E-state index >= 15 is 0 Å². The lowest BCUT2D eigenvalue weighted by atomic mass is 10.0. The highest BCUT2D eigenvalue weighted by Gasteiger charge is 2.26. The second-order valence-corrected chi connectivity index (χ2v) is 2.69. The number of aliphatic hydroxyl groups is 1. The van der Waals surface area contributed by atoms with Crippen molar-refractivity contribution in [2.45, 2.75) is 26.4 Å². The molecule has 1 heterocycles. The molecule has 3 nitrogen and oxygen atoms in total. The number of cyclic esters (lactones) is 1. The van der Waals surface area contributed by atoms with E-state index in [4.69, 9.17) is 4.74 Å². The normalized spacial score (nSPS) is 20.5. The maximum atomic E-state index is 10.9. The zero-order valence-corrected chi connectivity index (χ0v) is 6.76. The molecular formula is C8H12O3. The van der Waals surface area contributed by atoms with Gasteiger partial charge in [0.25, 0.3) is 0 Å². The lowest BCUT2D eigenvalue weighted by Crippen LogP contribution is -2.15. The summed E-state index contributed by atoms with van der Waals surface area (Å²) >= 11 is 0. The molecule has 1 rings (SSSR count). The van der Waals surface area contributed by atoms with Crippen LogP contribution in [0.25, 0.3) is 0 Å². The first-order valence-corrected chi connectivity index (χ1v) is 3.71. The lowest BCUT2D eigenvalue weighted by Gasteiger charge is -2.05. The average molecular weight is 156 g/mol. The number of esters is 1. The molecule has 0 aliphatic carbocycles. The van der Waals surface area contributed by atoms with Crippen LogP contribution in [0.15, 0.2) is 11.1 Å². The summed E-state index contributed by atoms with van der Waals surface area (Å²) in [5.74, 6) is -0.364. The molecule has 0 spiro atoms. The quantitative estimate of drug-likeness (QED) is 0.596. The first kappa shape index (κ1) is 8.27. The third-order valence-corrected chi connectivity index (χ3v) is 1.82. The Balaban J connectivity index is 2.82. The van der Waals surface area contributed by atoms with Crippen molar-refractivity contribution in [3.05, 3.63) is 11.1 Å². The molecule has 1 aliphatic heterocycles. The standard InChI is InChI=1S/C8H12O3/c1-3-6(9)7-5(2)4-11-8(7)10/h6,9H,3-4H2,1-2H3/t6-/m0/s1. The topological polar surface area (TPSA) is 46.5 Å². The van der Waals surface area contributed by atoms with E-state index in [2.05, 4.69) is 0 Å². The van der Waals surface area contributed by atoms with Crippen molar-refractivity contribution in [1.82, 2.24) is 0 Å². The monoisotopic (exact) mass is 156 g/mol. The van der Waals surface area contributed by atoms with Gasteiger partial charge in [0.2, 0.25) is 0 Å². The molecule has 62 valence electrons. The van der Waals surface area contributed by atoms with Gasteiger partial charge in [-0.05, 0) is 18.9 Å². The van der Waals surface area contributed by atoms with Crippen LogP contribution in [0.5, 0.6) is 0 Å². The van der Waals surface area contributed by atoms with Crippen molar-refractivity contribution in [2.24, 2.45) is 0 Å². The maximum Gasteiger partial charge on any atom is 0.337 e. The Morgan fingerprint density at radius 2 is 2.36 bits per heavy atom. The first-order valence-electron chi connectivity index (χ1n) is 3.71. The minimum atomic E-state index is -0.648. The van der Waals surface area contributed by atoms with Crippen LogP contribution in [0, 0.1) is 0 Å². The molecule has 1 atom stereocenters. The Bertz CT molecular complexity index is 205. The molecule has 1 aliphatic rings. The smallest absolute Gasteiger partial charge is 0.337 e. The summed E-state index contributed by atoms with van der Waals surface area (Å²) in [5.41, 5.74) is 1.30. The van der Waals surface area contributed by atoms with Crippen molar-refractivity contribution < 1.29 is 14.6 Å². The molecule has 0 aromatic rings. The summed E-state index contributed by atoms with van der Waals surface area (Å²) in [5, 5.41) is 9.34. The van der Waals surface area contributed by atoms with Gasteiger partial charge >= 0.3 is 5.97 Å². The molecule has 0 amide bonds. The number of carbonyl (C=O) groups is 1. The summed E-state index contributed by atoms with van der Waals surface area (Å²) in [6, 6.07) is 0. The minimum absolute atomic E-state index is 0.339. The summed E-state index contributed by atoms with van der Waals surface area (Å²) in [4.78, 5) is 10.9. The van der Waals surface area contributed by atoms with Gasteiger partial charge in [0, 0.05) is 0 Å². The minimum Gasteiger partial charge on any atom is -0.458 e. The van der Waals surface area contributed by atoms with Crippen LogP contribution in [0.4, 0.5) is 0 Å². The molecule has 0 saturated heterocycles. The van der Waals surface area contributed by atoms with Crippen LogP contribution in [0.3, 0.4) is 0 Å². The van der Waals surface area contributed by atoms with Crippen molar-refractivity contribution >= 4 is 5.97 Å². The van der Waals surface area contributed by atoms with Crippen molar-refractivity contribution in [1.29, 1.82) is 0 Å². The SMILES string of the molecule is CC[C@H](O)C1=C(C)COC1=O. The van der Waals surface area contributed by atoms with E-state index in [9.17, 15) is 9.90 Å². The molecule has 0 fully saturated rings. The molecule has 0 aromatic carbocycles. The highest BCUT2D eigenvalue weighted by molar-refractivity contribution is 5.92. The van der Waals surface area contributed by atoms with Gasteiger partial charge in [0.1, 0.15) is 6.61 Å². The van der Waals surface area contributed by atoms with Crippen LogP contribution in [-0.4, -0.2) is 23.8 Å². The number of hydrogen-bond acceptors (Lipinski definition) is 3. The molecule has 0 unspecified atom stereocenters. The predicted octanol–water partition coefficient (Wildman–Crippen LogP) is 0.631. The van der Waals surface area contributed by atoms with Crippen LogP contribution in [0.2, 0.25) is 0 Å². The molecule has 0 aromatic heterocycles. The van der Waals surface area contributed by atoms with Gasteiger partial charge in [0.05, 0.1) is 11.7 Å². The van der Waals surface area contributed by atoms with Gasteiger partial charge in [-0.1, -0.05) is 6.92 Å². The summed E-state index contributed by atoms with van der Waals surface area (Å²) in [6.07, 6.45) is -0.0908. The second-order valence-electron chi connectivity index (χ2n) is 2.69. The van der Waals surface area contributed by atoms with Gasteiger partial charge in [-0.25, -0.2) is 4.79 Å². The molecule has 0 radical (unpaired) electrons. The van der Waals surface area contributed by atoms with Gasteiger partial charge in [-0.15, -0.1) is 0 Å². The fraction of sp³-hybridized carbons (Fsp3) is 0.625. The summed E-state index contributed by atoms with van der Waals surface area (Å²) in [7, 11) is 0. The average Bonchev–Trinajstić information content (AvgIpc) is 2.30. The van der Waals surface area contributed by atoms with Crippen LogP contribution in [-0.2, 0) is 9.53 Å². The molecule has 11 heavy (non-hydrogen) atoms. The predicted molar refractivity (Wildman–Crippen MR) is 40.0 cm³/mol. The Kier molecular flexibility index (Phi) is 2.29. The second kappa shape index (κ2) is 3.05. The lowest BCUT2D eigenvalue weighted by molar-refractivity contribution is -0.136. The number of carbonyl (C=O) groups excluding carboxylic acids is 1. The van der Waals surface area contributed by atoms with Gasteiger partial charge in [0.15, 0.2) is 0 Å². The van der Waals surface area contributed by atoms with Gasteiger partial charge in [-0.3, -0.25) is 0 Å². The van der Waals surface area contributed by atoms with E-state index in [0.717, 1.165) is 5.57 Å². The van der Waals surface area contributed by atoms with E-state index < -0.39 is 6.10 Å². The Hall–Kier alpha value is -0.830. The largest absolute Gasteiger partial charge is 0.458 e. The van der Waals surface area contributed by atoms with Crippen molar-refractivity contribution in [3.63, 3.8) is 0 Å². The summed E-state index contributed by atoms with van der Waals surface area (Å²) < 4.78 is 4.73. The first-order chi connectivity index (χ1) is 5.16. The fourth-order valence-corrected chi connectivity index (χ4v) is 1.13. The zero-order chi connectivity index (χ0) is 8.43. The van der Waals surface area contributed by atoms with Crippen molar-refractivity contribution in [2.75, 3.05) is 6.61 Å². The highest BCUT2D eigenvalue weighted by Crippen LogP contribution is 2.19. The third-order valence-electron chi connectivity index (χ3n) is 1.82. The third kappa shape index (κ3) is 1.43. The molecule has 3 heteroatoms. The Morgan fingerprint density at radius 1 is 1.73 bits per heavy atom.